The molecule has 2 aromatic rings. The normalized spacial score (nSPS) is 14.7. The highest BCUT2D eigenvalue weighted by molar-refractivity contribution is 5.76. The van der Waals surface area contributed by atoms with E-state index in [0.717, 1.165) is 11.3 Å². The van der Waals surface area contributed by atoms with Crippen LogP contribution in [-0.4, -0.2) is 41.1 Å². The fourth-order valence-corrected chi connectivity index (χ4v) is 3.19. The van der Waals surface area contributed by atoms with Gasteiger partial charge in [0.25, 0.3) is 0 Å². The predicted molar refractivity (Wildman–Crippen MR) is 100 cm³/mol. The molecular formula is C18H21N5O4. The SMILES string of the molecule is COC(=O)C1CCN(c2ncnc(Nc3ccccc3C)c2[N+](=O)[O-])CC1. The van der Waals surface area contributed by atoms with Crippen molar-refractivity contribution in [1.29, 1.82) is 0 Å². The Bertz CT molecular complexity index is 849. The maximum Gasteiger partial charge on any atom is 0.353 e. The summed E-state index contributed by atoms with van der Waals surface area (Å²) in [6.45, 7) is 2.89. The summed E-state index contributed by atoms with van der Waals surface area (Å²) >= 11 is 0. The molecule has 1 saturated heterocycles. The minimum atomic E-state index is -0.470. The van der Waals surface area contributed by atoms with Crippen molar-refractivity contribution >= 4 is 29.0 Å². The molecule has 0 spiro atoms. The van der Waals surface area contributed by atoms with E-state index in [-0.39, 0.29) is 29.2 Å². The monoisotopic (exact) mass is 371 g/mol. The number of para-hydroxylation sites is 1. The average molecular weight is 371 g/mol. The molecule has 27 heavy (non-hydrogen) atoms. The van der Waals surface area contributed by atoms with Gasteiger partial charge in [-0.3, -0.25) is 14.9 Å². The molecule has 0 atom stereocenters. The van der Waals surface area contributed by atoms with Crippen LogP contribution in [0.5, 0.6) is 0 Å². The molecule has 1 N–H and O–H groups in total. The summed E-state index contributed by atoms with van der Waals surface area (Å²) < 4.78 is 4.79. The van der Waals surface area contributed by atoms with Gasteiger partial charge in [-0.05, 0) is 31.4 Å². The van der Waals surface area contributed by atoms with Crippen LogP contribution in [0.2, 0.25) is 0 Å². The first-order chi connectivity index (χ1) is 13.0. The summed E-state index contributed by atoms with van der Waals surface area (Å²) in [5.41, 5.74) is 1.53. The van der Waals surface area contributed by atoms with Crippen LogP contribution in [0.4, 0.5) is 23.0 Å². The van der Waals surface area contributed by atoms with Gasteiger partial charge in [0.05, 0.1) is 18.0 Å². The quantitative estimate of drug-likeness (QED) is 0.485. The summed E-state index contributed by atoms with van der Waals surface area (Å²) in [6, 6.07) is 7.49. The summed E-state index contributed by atoms with van der Waals surface area (Å²) in [5, 5.41) is 14.8. The third kappa shape index (κ3) is 3.97. The van der Waals surface area contributed by atoms with Gasteiger partial charge < -0.3 is 15.0 Å². The van der Waals surface area contributed by atoms with Crippen molar-refractivity contribution in [2.24, 2.45) is 5.92 Å². The number of benzene rings is 1. The van der Waals surface area contributed by atoms with E-state index in [0.29, 0.717) is 25.9 Å². The summed E-state index contributed by atoms with van der Waals surface area (Å²) in [4.78, 5) is 33.0. The smallest absolute Gasteiger partial charge is 0.353 e. The van der Waals surface area contributed by atoms with Crippen LogP contribution in [0.25, 0.3) is 0 Å². The van der Waals surface area contributed by atoms with Crippen LogP contribution in [-0.2, 0) is 9.53 Å². The number of rotatable bonds is 5. The molecule has 0 bridgehead atoms. The Labute approximate surface area is 156 Å². The zero-order chi connectivity index (χ0) is 19.4. The number of aryl methyl sites for hydroxylation is 1. The largest absolute Gasteiger partial charge is 0.469 e. The molecular weight excluding hydrogens is 350 g/mol. The number of carbonyl (C=O) groups excluding carboxylic acids is 1. The van der Waals surface area contributed by atoms with E-state index in [9.17, 15) is 14.9 Å². The summed E-state index contributed by atoms with van der Waals surface area (Å²) in [6.07, 6.45) is 2.44. The Balaban J connectivity index is 1.88. The lowest BCUT2D eigenvalue weighted by Gasteiger charge is -2.31. The van der Waals surface area contributed by atoms with Crippen LogP contribution < -0.4 is 10.2 Å². The van der Waals surface area contributed by atoms with Crippen molar-refractivity contribution in [2.45, 2.75) is 19.8 Å². The second-order valence-electron chi connectivity index (χ2n) is 6.38. The number of hydrogen-bond donors (Lipinski definition) is 1. The predicted octanol–water partition coefficient (Wildman–Crippen LogP) is 2.83. The Morgan fingerprint density at radius 1 is 1.30 bits per heavy atom. The number of methoxy groups -OCH3 is 1. The van der Waals surface area contributed by atoms with Crippen molar-refractivity contribution in [3.63, 3.8) is 0 Å². The van der Waals surface area contributed by atoms with E-state index in [1.54, 1.807) is 0 Å². The molecule has 9 nitrogen and oxygen atoms in total. The number of nitrogens with one attached hydrogen (secondary N) is 1. The van der Waals surface area contributed by atoms with E-state index in [1.165, 1.54) is 13.4 Å². The highest BCUT2D eigenvalue weighted by Gasteiger charge is 2.32. The minimum Gasteiger partial charge on any atom is -0.469 e. The second kappa shape index (κ2) is 7.98. The summed E-state index contributed by atoms with van der Waals surface area (Å²) in [7, 11) is 1.37. The number of esters is 1. The first kappa shape index (κ1) is 18.6. The van der Waals surface area contributed by atoms with Gasteiger partial charge >= 0.3 is 11.7 Å². The van der Waals surface area contributed by atoms with Gasteiger partial charge in [-0.25, -0.2) is 9.97 Å². The van der Waals surface area contributed by atoms with Crippen LogP contribution in [0.15, 0.2) is 30.6 Å². The number of nitro groups is 1. The third-order valence-electron chi connectivity index (χ3n) is 4.71. The number of nitrogens with zero attached hydrogens (tertiary/aromatic N) is 4. The first-order valence-corrected chi connectivity index (χ1v) is 8.66. The number of piperidine rings is 1. The highest BCUT2D eigenvalue weighted by atomic mass is 16.6. The van der Waals surface area contributed by atoms with E-state index < -0.39 is 4.92 Å². The van der Waals surface area contributed by atoms with Crippen molar-refractivity contribution in [1.82, 2.24) is 9.97 Å². The lowest BCUT2D eigenvalue weighted by molar-refractivity contribution is -0.383. The molecule has 9 heteroatoms. The molecule has 0 saturated carbocycles. The van der Waals surface area contributed by atoms with Crippen LogP contribution in [0, 0.1) is 23.0 Å². The van der Waals surface area contributed by atoms with E-state index in [4.69, 9.17) is 4.74 Å². The second-order valence-corrected chi connectivity index (χ2v) is 6.38. The van der Waals surface area contributed by atoms with Crippen molar-refractivity contribution in [3.05, 3.63) is 46.3 Å². The Morgan fingerprint density at radius 3 is 2.63 bits per heavy atom. The molecule has 1 aliphatic rings. The number of carbonyl (C=O) groups is 1. The van der Waals surface area contributed by atoms with Crippen molar-refractivity contribution in [3.8, 4) is 0 Å². The minimum absolute atomic E-state index is 0.148. The lowest BCUT2D eigenvalue weighted by atomic mass is 9.97. The van der Waals surface area contributed by atoms with Gasteiger partial charge in [-0.1, -0.05) is 18.2 Å². The molecule has 0 unspecified atom stereocenters. The molecule has 1 aromatic carbocycles. The zero-order valence-corrected chi connectivity index (χ0v) is 15.2. The maximum atomic E-state index is 11.8. The van der Waals surface area contributed by atoms with Crippen LogP contribution in [0.1, 0.15) is 18.4 Å². The van der Waals surface area contributed by atoms with Crippen LogP contribution >= 0.6 is 0 Å². The molecule has 2 heterocycles. The Hall–Kier alpha value is -3.23. The molecule has 142 valence electrons. The number of hydrogen-bond acceptors (Lipinski definition) is 8. The number of anilines is 3. The van der Waals surface area contributed by atoms with Gasteiger partial charge in [0.2, 0.25) is 11.6 Å². The van der Waals surface area contributed by atoms with Gasteiger partial charge in [-0.2, -0.15) is 0 Å². The highest BCUT2D eigenvalue weighted by Crippen LogP contribution is 2.35. The van der Waals surface area contributed by atoms with Crippen molar-refractivity contribution in [2.75, 3.05) is 30.4 Å². The Kier molecular flexibility index (Phi) is 5.49. The van der Waals surface area contributed by atoms with Gasteiger partial charge in [0.15, 0.2) is 0 Å². The van der Waals surface area contributed by atoms with E-state index in [2.05, 4.69) is 15.3 Å². The Morgan fingerprint density at radius 2 is 2.00 bits per heavy atom. The molecule has 0 radical (unpaired) electrons. The number of ether oxygens (including phenoxy) is 1. The maximum absolute atomic E-state index is 11.8. The third-order valence-corrected chi connectivity index (χ3v) is 4.71. The molecule has 1 fully saturated rings. The number of aromatic nitrogens is 2. The van der Waals surface area contributed by atoms with Gasteiger partial charge in [0.1, 0.15) is 6.33 Å². The molecule has 1 aliphatic heterocycles. The van der Waals surface area contributed by atoms with Crippen LogP contribution in [0.3, 0.4) is 0 Å². The van der Waals surface area contributed by atoms with Crippen molar-refractivity contribution < 1.29 is 14.5 Å². The lowest BCUT2D eigenvalue weighted by Crippen LogP contribution is -2.37. The standard InChI is InChI=1S/C18H21N5O4/c1-12-5-3-4-6-14(12)21-16-15(23(25)26)17(20-11-19-16)22-9-7-13(8-10-22)18(24)27-2/h3-6,11,13H,7-10H2,1-2H3,(H,19,20,21). The molecule has 3 rings (SSSR count). The topological polar surface area (TPSA) is 110 Å². The first-order valence-electron chi connectivity index (χ1n) is 8.66. The zero-order valence-electron chi connectivity index (χ0n) is 15.2. The molecule has 1 aromatic heterocycles. The van der Waals surface area contributed by atoms with E-state index >= 15 is 0 Å². The van der Waals surface area contributed by atoms with Gasteiger partial charge in [-0.15, -0.1) is 0 Å². The molecule has 0 aliphatic carbocycles. The fraction of sp³-hybridized carbons (Fsp3) is 0.389. The fourth-order valence-electron chi connectivity index (χ4n) is 3.19. The van der Waals surface area contributed by atoms with Gasteiger partial charge in [0, 0.05) is 18.8 Å². The van der Waals surface area contributed by atoms with E-state index in [1.807, 2.05) is 36.1 Å². The average Bonchev–Trinajstić information content (AvgIpc) is 2.69. The summed E-state index contributed by atoms with van der Waals surface area (Å²) in [5.74, 6) is -0.0192. The molecule has 0 amide bonds.